The highest BCUT2D eigenvalue weighted by atomic mass is 14.8. The van der Waals surface area contributed by atoms with Crippen LogP contribution in [0.3, 0.4) is 0 Å². The molecule has 0 aliphatic rings. The summed E-state index contributed by atoms with van der Waals surface area (Å²) in [6, 6.07) is 0. The zero-order chi connectivity index (χ0) is 7.98. The summed E-state index contributed by atoms with van der Waals surface area (Å²) < 4.78 is 0. The quantitative estimate of drug-likeness (QED) is 0.586. The lowest BCUT2D eigenvalue weighted by Crippen LogP contribution is -2.18. The fourth-order valence-corrected chi connectivity index (χ4v) is 0.840. The van der Waals surface area contributed by atoms with E-state index in [9.17, 15) is 0 Å². The average molecular weight is 145 g/mol. The van der Waals surface area contributed by atoms with Crippen molar-refractivity contribution in [1.82, 2.24) is 5.32 Å². The molecule has 0 fully saturated rings. The van der Waals surface area contributed by atoms with Crippen molar-refractivity contribution in [1.29, 1.82) is 0 Å². The van der Waals surface area contributed by atoms with Gasteiger partial charge in [-0.2, -0.15) is 0 Å². The normalized spacial score (nSPS) is 14.1. The number of hydrogen-bond acceptors (Lipinski definition) is 1. The number of nitrogens with one attached hydrogen (secondary N) is 1. The Kier molecular flexibility index (Phi) is 5.70. The third-order valence-corrected chi connectivity index (χ3v) is 2.16. The van der Waals surface area contributed by atoms with E-state index >= 15 is 0 Å². The zero-order valence-corrected chi connectivity index (χ0v) is 7.78. The van der Waals surface area contributed by atoms with Crippen LogP contribution >= 0.6 is 0 Å². The van der Waals surface area contributed by atoms with Crippen molar-refractivity contribution in [2.45, 2.75) is 34.1 Å². The monoisotopic (exact) mass is 145 g/mol. The molecule has 0 bridgehead atoms. The molecule has 0 saturated carbocycles. The average Bonchev–Trinajstić information content (AvgIpc) is 1.88. The van der Waals surface area contributed by atoms with E-state index in [1.54, 1.807) is 0 Å². The fraction of sp³-hybridized carbons (Fsp3) is 1.00. The Balaban J connectivity index is 0. The van der Waals surface area contributed by atoms with Gasteiger partial charge >= 0.3 is 0 Å². The fourth-order valence-electron chi connectivity index (χ4n) is 0.840. The van der Waals surface area contributed by atoms with Gasteiger partial charge in [-0.15, -0.1) is 0 Å². The lowest BCUT2D eigenvalue weighted by atomic mass is 9.95. The molecule has 0 spiro atoms. The minimum atomic E-state index is 0. The van der Waals surface area contributed by atoms with Gasteiger partial charge in [-0.25, -0.2) is 0 Å². The van der Waals surface area contributed by atoms with Crippen LogP contribution in [0.2, 0.25) is 0 Å². The van der Waals surface area contributed by atoms with Crippen LogP contribution in [0.25, 0.3) is 0 Å². The maximum Gasteiger partial charge on any atom is 0 e. The predicted octanol–water partition coefficient (Wildman–Crippen LogP) is 2.52. The summed E-state index contributed by atoms with van der Waals surface area (Å²) in [5, 5.41) is 3.33. The van der Waals surface area contributed by atoms with Crippen molar-refractivity contribution in [2.24, 2.45) is 11.8 Å². The highest BCUT2D eigenvalue weighted by Gasteiger charge is 2.04. The summed E-state index contributed by atoms with van der Waals surface area (Å²) in [6.45, 7) is 11.3. The van der Waals surface area contributed by atoms with Crippen LogP contribution in [0, 0.1) is 11.8 Å². The molecular formula is C9H23N. The number of hydrogen-bond donors (Lipinski definition) is 1. The molecule has 1 nitrogen and oxygen atoms in total. The third kappa shape index (κ3) is 4.80. The Hall–Kier alpha value is -0.0400. The molecule has 0 aromatic heterocycles. The Morgan fingerprint density at radius 3 is 2.30 bits per heavy atom. The van der Waals surface area contributed by atoms with Crippen LogP contribution in [0.1, 0.15) is 35.5 Å². The van der Waals surface area contributed by atoms with Crippen molar-refractivity contribution in [3.63, 3.8) is 0 Å². The second kappa shape index (κ2) is 5.72. The first-order chi connectivity index (χ1) is 4.68. The Morgan fingerprint density at radius 2 is 1.90 bits per heavy atom. The van der Waals surface area contributed by atoms with Crippen LogP contribution in [0.4, 0.5) is 0 Å². The molecule has 10 heavy (non-hydrogen) atoms. The van der Waals surface area contributed by atoms with E-state index in [4.69, 9.17) is 0 Å². The summed E-state index contributed by atoms with van der Waals surface area (Å²) in [7, 11) is 0. The van der Waals surface area contributed by atoms with E-state index in [2.05, 4.69) is 33.0 Å². The smallest absolute Gasteiger partial charge is 0 e. The van der Waals surface area contributed by atoms with Crippen LogP contribution in [0.5, 0.6) is 0 Å². The highest BCUT2D eigenvalue weighted by Crippen LogP contribution is 2.12. The van der Waals surface area contributed by atoms with Gasteiger partial charge in [-0.1, -0.05) is 27.7 Å². The molecule has 1 heteroatoms. The van der Waals surface area contributed by atoms with E-state index in [1.165, 1.54) is 13.0 Å². The highest BCUT2D eigenvalue weighted by molar-refractivity contribution is 4.58. The summed E-state index contributed by atoms with van der Waals surface area (Å²) in [5.74, 6) is 1.69. The Labute approximate surface area is 66.7 Å². The molecule has 0 aliphatic heterocycles. The van der Waals surface area contributed by atoms with Crippen LogP contribution < -0.4 is 5.32 Å². The molecule has 0 heterocycles. The lowest BCUT2D eigenvalue weighted by Gasteiger charge is -2.14. The standard InChI is InChI=1S/C9H21N.H2/c1-5-10-7-6-9(4)8(2)3;/h8-10H,5-7H2,1-4H3;1H. The molecule has 0 radical (unpaired) electrons. The Bertz CT molecular complexity index is 74.0. The number of rotatable bonds is 5. The topological polar surface area (TPSA) is 12.0 Å². The van der Waals surface area contributed by atoms with Crippen molar-refractivity contribution < 1.29 is 1.43 Å². The van der Waals surface area contributed by atoms with Crippen LogP contribution in [0.15, 0.2) is 0 Å². The second-order valence-electron chi connectivity index (χ2n) is 3.36. The molecule has 0 aliphatic carbocycles. The maximum absolute atomic E-state index is 3.33. The van der Waals surface area contributed by atoms with Crippen molar-refractivity contribution >= 4 is 0 Å². The minimum Gasteiger partial charge on any atom is -0.317 e. The first-order valence-electron chi connectivity index (χ1n) is 4.39. The van der Waals surface area contributed by atoms with Gasteiger partial charge in [0, 0.05) is 1.43 Å². The molecule has 1 unspecified atom stereocenters. The van der Waals surface area contributed by atoms with Crippen molar-refractivity contribution in [2.75, 3.05) is 13.1 Å². The van der Waals surface area contributed by atoms with Crippen LogP contribution in [-0.4, -0.2) is 13.1 Å². The van der Waals surface area contributed by atoms with Gasteiger partial charge in [0.1, 0.15) is 0 Å². The van der Waals surface area contributed by atoms with E-state index < -0.39 is 0 Å². The lowest BCUT2D eigenvalue weighted by molar-refractivity contribution is 0.385. The summed E-state index contributed by atoms with van der Waals surface area (Å²) in [6.07, 6.45) is 1.31. The molecule has 1 atom stereocenters. The largest absolute Gasteiger partial charge is 0.317 e. The van der Waals surface area contributed by atoms with E-state index in [0.29, 0.717) is 0 Å². The summed E-state index contributed by atoms with van der Waals surface area (Å²) in [5.41, 5.74) is 0. The molecule has 0 saturated heterocycles. The molecule has 0 amide bonds. The third-order valence-electron chi connectivity index (χ3n) is 2.16. The maximum atomic E-state index is 3.33. The molecular weight excluding hydrogens is 122 g/mol. The first-order valence-corrected chi connectivity index (χ1v) is 4.39. The molecule has 1 N–H and O–H groups in total. The van der Waals surface area contributed by atoms with Crippen LogP contribution in [-0.2, 0) is 0 Å². The zero-order valence-electron chi connectivity index (χ0n) is 7.78. The van der Waals surface area contributed by atoms with E-state index in [0.717, 1.165) is 18.4 Å². The molecule has 0 aromatic carbocycles. The van der Waals surface area contributed by atoms with Gasteiger partial charge < -0.3 is 5.32 Å². The SMILES string of the molecule is CCNCCC(C)C(C)C.[HH]. The minimum absolute atomic E-state index is 0. The van der Waals surface area contributed by atoms with E-state index in [-0.39, 0.29) is 1.43 Å². The van der Waals surface area contributed by atoms with Gasteiger partial charge in [0.2, 0.25) is 0 Å². The first kappa shape index (κ1) is 9.96. The molecule has 64 valence electrons. The van der Waals surface area contributed by atoms with Gasteiger partial charge in [-0.05, 0) is 31.3 Å². The van der Waals surface area contributed by atoms with Crippen molar-refractivity contribution in [3.05, 3.63) is 0 Å². The second-order valence-corrected chi connectivity index (χ2v) is 3.36. The Morgan fingerprint density at radius 1 is 1.30 bits per heavy atom. The van der Waals surface area contributed by atoms with E-state index in [1.807, 2.05) is 0 Å². The summed E-state index contributed by atoms with van der Waals surface area (Å²) in [4.78, 5) is 0. The molecule has 0 rings (SSSR count). The predicted molar refractivity (Wildman–Crippen MR) is 49.3 cm³/mol. The molecule has 0 aromatic rings. The van der Waals surface area contributed by atoms with Gasteiger partial charge in [-0.3, -0.25) is 0 Å². The van der Waals surface area contributed by atoms with Gasteiger partial charge in [0.05, 0.1) is 0 Å². The van der Waals surface area contributed by atoms with Gasteiger partial charge in [0.25, 0.3) is 0 Å². The van der Waals surface area contributed by atoms with Crippen molar-refractivity contribution in [3.8, 4) is 0 Å². The van der Waals surface area contributed by atoms with Gasteiger partial charge in [0.15, 0.2) is 0 Å². The summed E-state index contributed by atoms with van der Waals surface area (Å²) >= 11 is 0.